The first kappa shape index (κ1) is 7.49. The Kier molecular flexibility index (Phi) is 1.85. The first-order valence-corrected chi connectivity index (χ1v) is 3.92. The number of rotatable bonds is 1. The van der Waals surface area contributed by atoms with E-state index in [2.05, 4.69) is 5.32 Å². The molecule has 4 nitrogen and oxygen atoms in total. The van der Waals surface area contributed by atoms with Crippen LogP contribution in [0.1, 0.15) is 0 Å². The second kappa shape index (κ2) is 2.71. The summed E-state index contributed by atoms with van der Waals surface area (Å²) in [7, 11) is 0. The Balaban J connectivity index is 1.92. The molecule has 11 heavy (non-hydrogen) atoms. The zero-order chi connectivity index (χ0) is 7.73. The van der Waals surface area contributed by atoms with Gasteiger partial charge in [-0.2, -0.15) is 0 Å². The maximum Gasteiger partial charge on any atom is 0.127 e. The van der Waals surface area contributed by atoms with Crippen LogP contribution in [-0.2, 0) is 9.47 Å². The molecule has 2 aliphatic rings. The lowest BCUT2D eigenvalue weighted by molar-refractivity contribution is -0.245. The summed E-state index contributed by atoms with van der Waals surface area (Å²) in [5.74, 6) is 0. The summed E-state index contributed by atoms with van der Waals surface area (Å²) in [6.45, 7) is 3.02. The number of ether oxygens (including phenoxy) is 2. The lowest BCUT2D eigenvalue weighted by Crippen LogP contribution is -2.64. The summed E-state index contributed by atoms with van der Waals surface area (Å²) in [5, 5.41) is 12.1. The standard InChI is InChI=1S/C7H13NO3/c9-2-6-1-8-3-7(11-6)4-10-5-7/h6,8-9H,1-5H2. The molecule has 2 saturated heterocycles. The Morgan fingerprint density at radius 1 is 1.55 bits per heavy atom. The van der Waals surface area contributed by atoms with Gasteiger partial charge in [-0.25, -0.2) is 0 Å². The Labute approximate surface area is 65.5 Å². The van der Waals surface area contributed by atoms with Crippen molar-refractivity contribution in [3.05, 3.63) is 0 Å². The van der Waals surface area contributed by atoms with Crippen molar-refractivity contribution in [3.8, 4) is 0 Å². The zero-order valence-corrected chi connectivity index (χ0v) is 6.38. The minimum atomic E-state index is -0.119. The second-order valence-corrected chi connectivity index (χ2v) is 3.23. The smallest absolute Gasteiger partial charge is 0.127 e. The molecule has 64 valence electrons. The molecule has 0 amide bonds. The van der Waals surface area contributed by atoms with Crippen LogP contribution in [0.3, 0.4) is 0 Å². The summed E-state index contributed by atoms with van der Waals surface area (Å²) in [6.07, 6.45) is -0.0485. The van der Waals surface area contributed by atoms with E-state index in [4.69, 9.17) is 14.6 Å². The van der Waals surface area contributed by atoms with Crippen molar-refractivity contribution in [1.29, 1.82) is 0 Å². The molecule has 2 N–H and O–H groups in total. The van der Waals surface area contributed by atoms with E-state index >= 15 is 0 Å². The van der Waals surface area contributed by atoms with Gasteiger partial charge in [0.15, 0.2) is 0 Å². The van der Waals surface area contributed by atoms with Gasteiger partial charge in [0.2, 0.25) is 0 Å². The zero-order valence-electron chi connectivity index (χ0n) is 6.38. The van der Waals surface area contributed by atoms with Gasteiger partial charge < -0.3 is 19.9 Å². The van der Waals surface area contributed by atoms with Crippen LogP contribution in [0.15, 0.2) is 0 Å². The predicted octanol–water partition coefficient (Wildman–Crippen LogP) is -1.26. The average molecular weight is 159 g/mol. The monoisotopic (exact) mass is 159 g/mol. The van der Waals surface area contributed by atoms with Gasteiger partial charge in [0.05, 0.1) is 25.9 Å². The van der Waals surface area contributed by atoms with Gasteiger partial charge >= 0.3 is 0 Å². The van der Waals surface area contributed by atoms with Crippen molar-refractivity contribution in [2.75, 3.05) is 32.9 Å². The fourth-order valence-corrected chi connectivity index (χ4v) is 1.50. The number of aliphatic hydroxyl groups excluding tert-OH is 1. The van der Waals surface area contributed by atoms with Gasteiger partial charge in [-0.1, -0.05) is 0 Å². The largest absolute Gasteiger partial charge is 0.394 e. The van der Waals surface area contributed by atoms with Crippen molar-refractivity contribution in [3.63, 3.8) is 0 Å². The highest BCUT2D eigenvalue weighted by Gasteiger charge is 2.43. The SMILES string of the molecule is OCC1CNCC2(COC2)O1. The first-order valence-electron chi connectivity index (χ1n) is 3.92. The number of aliphatic hydroxyl groups is 1. The van der Waals surface area contributed by atoms with Gasteiger partial charge in [0, 0.05) is 13.1 Å². The van der Waals surface area contributed by atoms with E-state index in [0.29, 0.717) is 13.2 Å². The third-order valence-corrected chi connectivity index (χ3v) is 2.17. The van der Waals surface area contributed by atoms with Crippen LogP contribution < -0.4 is 5.32 Å². The molecule has 1 atom stereocenters. The van der Waals surface area contributed by atoms with Crippen LogP contribution in [0.2, 0.25) is 0 Å². The van der Waals surface area contributed by atoms with E-state index in [-0.39, 0.29) is 18.3 Å². The van der Waals surface area contributed by atoms with Gasteiger partial charge in [-0.15, -0.1) is 0 Å². The molecule has 0 aromatic rings. The van der Waals surface area contributed by atoms with Gasteiger partial charge in [-0.3, -0.25) is 0 Å². The fourth-order valence-electron chi connectivity index (χ4n) is 1.50. The Morgan fingerprint density at radius 2 is 2.36 bits per heavy atom. The molecular formula is C7H13NO3. The Hall–Kier alpha value is -0.160. The van der Waals surface area contributed by atoms with Gasteiger partial charge in [0.25, 0.3) is 0 Å². The molecular weight excluding hydrogens is 146 g/mol. The maximum atomic E-state index is 8.84. The highest BCUT2D eigenvalue weighted by Crippen LogP contribution is 2.24. The quantitative estimate of drug-likeness (QED) is 0.501. The van der Waals surface area contributed by atoms with Crippen LogP contribution in [0.25, 0.3) is 0 Å². The minimum Gasteiger partial charge on any atom is -0.394 e. The maximum absolute atomic E-state index is 8.84. The molecule has 1 unspecified atom stereocenters. The number of hydrogen-bond acceptors (Lipinski definition) is 4. The van der Waals surface area contributed by atoms with E-state index < -0.39 is 0 Å². The first-order chi connectivity index (χ1) is 5.35. The fraction of sp³-hybridized carbons (Fsp3) is 1.00. The van der Waals surface area contributed by atoms with Crippen molar-refractivity contribution < 1.29 is 14.6 Å². The Morgan fingerprint density at radius 3 is 2.91 bits per heavy atom. The van der Waals surface area contributed by atoms with Crippen molar-refractivity contribution in [2.24, 2.45) is 0 Å². The van der Waals surface area contributed by atoms with Crippen LogP contribution in [0, 0.1) is 0 Å². The predicted molar refractivity (Wildman–Crippen MR) is 38.4 cm³/mol. The molecule has 0 aromatic heterocycles. The molecule has 0 aromatic carbocycles. The average Bonchev–Trinajstić information content (AvgIpc) is 2.02. The van der Waals surface area contributed by atoms with E-state index in [1.807, 2.05) is 0 Å². The van der Waals surface area contributed by atoms with E-state index in [1.165, 1.54) is 0 Å². The topological polar surface area (TPSA) is 50.7 Å². The van der Waals surface area contributed by atoms with Crippen LogP contribution in [-0.4, -0.2) is 49.7 Å². The number of nitrogens with one attached hydrogen (secondary N) is 1. The van der Waals surface area contributed by atoms with E-state index in [0.717, 1.165) is 13.1 Å². The Bertz CT molecular complexity index is 147. The number of hydrogen-bond donors (Lipinski definition) is 2. The molecule has 2 heterocycles. The summed E-state index contributed by atoms with van der Waals surface area (Å²) >= 11 is 0. The lowest BCUT2D eigenvalue weighted by Gasteiger charge is -2.46. The van der Waals surface area contributed by atoms with E-state index in [9.17, 15) is 0 Å². The van der Waals surface area contributed by atoms with Crippen molar-refractivity contribution in [1.82, 2.24) is 5.32 Å². The molecule has 0 bridgehead atoms. The molecule has 2 aliphatic heterocycles. The minimum absolute atomic E-state index is 0.0485. The third-order valence-electron chi connectivity index (χ3n) is 2.17. The number of morpholine rings is 1. The molecule has 2 rings (SSSR count). The summed E-state index contributed by atoms with van der Waals surface area (Å²) in [5.41, 5.74) is -0.119. The highest BCUT2D eigenvalue weighted by atomic mass is 16.6. The molecule has 0 saturated carbocycles. The second-order valence-electron chi connectivity index (χ2n) is 3.23. The molecule has 0 radical (unpaired) electrons. The molecule has 4 heteroatoms. The summed E-state index contributed by atoms with van der Waals surface area (Å²) in [6, 6.07) is 0. The van der Waals surface area contributed by atoms with Gasteiger partial charge in [-0.05, 0) is 0 Å². The van der Waals surface area contributed by atoms with E-state index in [1.54, 1.807) is 0 Å². The third kappa shape index (κ3) is 1.27. The van der Waals surface area contributed by atoms with Crippen molar-refractivity contribution >= 4 is 0 Å². The van der Waals surface area contributed by atoms with Gasteiger partial charge in [0.1, 0.15) is 5.60 Å². The van der Waals surface area contributed by atoms with Crippen LogP contribution >= 0.6 is 0 Å². The molecule has 1 spiro atoms. The lowest BCUT2D eigenvalue weighted by atomic mass is 10.00. The summed E-state index contributed by atoms with van der Waals surface area (Å²) < 4.78 is 10.7. The molecule has 0 aliphatic carbocycles. The molecule has 2 fully saturated rings. The van der Waals surface area contributed by atoms with Crippen molar-refractivity contribution in [2.45, 2.75) is 11.7 Å². The van der Waals surface area contributed by atoms with Crippen LogP contribution in [0.5, 0.6) is 0 Å². The normalized spacial score (nSPS) is 35.2. The van der Waals surface area contributed by atoms with Crippen LogP contribution in [0.4, 0.5) is 0 Å². The summed E-state index contributed by atoms with van der Waals surface area (Å²) in [4.78, 5) is 0. The highest BCUT2D eigenvalue weighted by molar-refractivity contribution is 4.94.